The molecule has 2 aromatic rings. The average Bonchev–Trinajstić information content (AvgIpc) is 2.93. The molecule has 0 radical (unpaired) electrons. The van der Waals surface area contributed by atoms with Crippen molar-refractivity contribution < 1.29 is 4.79 Å². The van der Waals surface area contributed by atoms with E-state index in [0.717, 1.165) is 11.3 Å². The van der Waals surface area contributed by atoms with E-state index in [4.69, 9.17) is 0 Å². The van der Waals surface area contributed by atoms with Crippen molar-refractivity contribution in [3.8, 4) is 5.69 Å². The Morgan fingerprint density at radius 3 is 2.70 bits per heavy atom. The second kappa shape index (κ2) is 7.59. The molecular formula is C16H23N5OS. The molecule has 0 fully saturated rings. The van der Waals surface area contributed by atoms with Crippen molar-refractivity contribution in [3.63, 3.8) is 0 Å². The van der Waals surface area contributed by atoms with E-state index in [1.807, 2.05) is 32.9 Å². The molecule has 0 bridgehead atoms. The van der Waals surface area contributed by atoms with Gasteiger partial charge in [-0.05, 0) is 48.7 Å². The summed E-state index contributed by atoms with van der Waals surface area (Å²) in [7, 11) is 0. The normalized spacial score (nSPS) is 12.4. The summed E-state index contributed by atoms with van der Waals surface area (Å²) in [5.41, 5.74) is 3.21. The zero-order chi connectivity index (χ0) is 17.0. The third-order valence-electron chi connectivity index (χ3n) is 3.74. The van der Waals surface area contributed by atoms with Crippen LogP contribution in [0.1, 0.15) is 31.9 Å². The number of nitrogens with zero attached hydrogens (tertiary/aromatic N) is 4. The number of carbonyl (C=O) groups excluding carboxylic acids is 1. The Morgan fingerprint density at radius 2 is 2.04 bits per heavy atom. The van der Waals surface area contributed by atoms with E-state index < -0.39 is 0 Å². The maximum atomic E-state index is 12.0. The fraction of sp³-hybridized carbons (Fsp3) is 0.500. The predicted molar refractivity (Wildman–Crippen MR) is 91.8 cm³/mol. The monoisotopic (exact) mass is 333 g/mol. The highest BCUT2D eigenvalue weighted by Gasteiger charge is 2.15. The molecule has 1 atom stereocenters. The lowest BCUT2D eigenvalue weighted by atomic mass is 10.1. The van der Waals surface area contributed by atoms with Gasteiger partial charge in [-0.1, -0.05) is 43.3 Å². The van der Waals surface area contributed by atoms with Gasteiger partial charge in [0.2, 0.25) is 11.1 Å². The van der Waals surface area contributed by atoms with Crippen LogP contribution in [0.2, 0.25) is 0 Å². The fourth-order valence-corrected chi connectivity index (χ4v) is 2.75. The number of hydrogen-bond donors (Lipinski definition) is 1. The lowest BCUT2D eigenvalue weighted by Crippen LogP contribution is -2.37. The van der Waals surface area contributed by atoms with Crippen LogP contribution in [0.25, 0.3) is 5.69 Å². The van der Waals surface area contributed by atoms with Gasteiger partial charge in [0, 0.05) is 6.04 Å². The maximum absolute atomic E-state index is 12.0. The number of rotatable bonds is 6. The Balaban J connectivity index is 2.06. The minimum absolute atomic E-state index is 0.00798. The number of aryl methyl sites for hydroxylation is 2. The van der Waals surface area contributed by atoms with E-state index in [9.17, 15) is 4.79 Å². The highest BCUT2D eigenvalue weighted by molar-refractivity contribution is 7.99. The molecule has 124 valence electrons. The molecule has 23 heavy (non-hydrogen) atoms. The van der Waals surface area contributed by atoms with Crippen molar-refractivity contribution in [3.05, 3.63) is 29.3 Å². The van der Waals surface area contributed by atoms with E-state index >= 15 is 0 Å². The van der Waals surface area contributed by atoms with Gasteiger partial charge < -0.3 is 5.32 Å². The lowest BCUT2D eigenvalue weighted by molar-refractivity contribution is -0.119. The van der Waals surface area contributed by atoms with Gasteiger partial charge in [-0.25, -0.2) is 0 Å². The molecule has 1 N–H and O–H groups in total. The minimum Gasteiger partial charge on any atom is -0.353 e. The molecule has 0 saturated carbocycles. The van der Waals surface area contributed by atoms with Crippen molar-refractivity contribution in [1.82, 2.24) is 25.5 Å². The second-order valence-corrected chi connectivity index (χ2v) is 6.99. The zero-order valence-electron chi connectivity index (χ0n) is 14.2. The van der Waals surface area contributed by atoms with Gasteiger partial charge in [0.15, 0.2) is 0 Å². The van der Waals surface area contributed by atoms with Crippen LogP contribution in [0.5, 0.6) is 0 Å². The number of tetrazole rings is 1. The predicted octanol–water partition coefficient (Wildman–Crippen LogP) is 2.53. The average molecular weight is 333 g/mol. The SMILES string of the molecule is Cc1ccc(-n2nnnc2SCC(=O)NC(C)C(C)C)c(C)c1. The van der Waals surface area contributed by atoms with Crippen LogP contribution in [0.15, 0.2) is 23.4 Å². The Kier molecular flexibility index (Phi) is 5.76. The van der Waals surface area contributed by atoms with Crippen LogP contribution >= 0.6 is 11.8 Å². The first-order valence-corrected chi connectivity index (χ1v) is 8.65. The molecule has 0 aliphatic rings. The summed E-state index contributed by atoms with van der Waals surface area (Å²) in [6.45, 7) is 10.2. The molecule has 1 heterocycles. The lowest BCUT2D eigenvalue weighted by Gasteiger charge is -2.17. The molecule has 2 rings (SSSR count). The van der Waals surface area contributed by atoms with Crippen molar-refractivity contribution in [2.24, 2.45) is 5.92 Å². The van der Waals surface area contributed by atoms with Gasteiger partial charge in [0.25, 0.3) is 0 Å². The van der Waals surface area contributed by atoms with Crippen LogP contribution in [0.3, 0.4) is 0 Å². The molecule has 1 unspecified atom stereocenters. The van der Waals surface area contributed by atoms with Crippen molar-refractivity contribution >= 4 is 17.7 Å². The van der Waals surface area contributed by atoms with Crippen LogP contribution in [-0.4, -0.2) is 37.9 Å². The van der Waals surface area contributed by atoms with Crippen LogP contribution in [0.4, 0.5) is 0 Å². The molecule has 0 aliphatic carbocycles. The van der Waals surface area contributed by atoms with E-state index in [2.05, 4.69) is 40.8 Å². The number of benzene rings is 1. The number of aromatic nitrogens is 4. The molecule has 0 saturated heterocycles. The number of carbonyl (C=O) groups is 1. The Labute approximate surface area is 141 Å². The molecule has 0 aliphatic heterocycles. The summed E-state index contributed by atoms with van der Waals surface area (Å²) >= 11 is 1.34. The summed E-state index contributed by atoms with van der Waals surface area (Å²) in [5, 5.41) is 15.4. The molecule has 1 aromatic carbocycles. The first-order valence-electron chi connectivity index (χ1n) is 7.66. The second-order valence-electron chi connectivity index (χ2n) is 6.05. The van der Waals surface area contributed by atoms with Crippen molar-refractivity contribution in [2.75, 3.05) is 5.75 Å². The topological polar surface area (TPSA) is 72.7 Å². The van der Waals surface area contributed by atoms with Crippen LogP contribution in [-0.2, 0) is 4.79 Å². The summed E-state index contributed by atoms with van der Waals surface area (Å²) in [5.74, 6) is 0.693. The quantitative estimate of drug-likeness (QED) is 0.823. The largest absolute Gasteiger partial charge is 0.353 e. The van der Waals surface area contributed by atoms with Crippen molar-refractivity contribution in [2.45, 2.75) is 45.8 Å². The molecule has 0 spiro atoms. The minimum atomic E-state index is -0.00798. The third kappa shape index (κ3) is 4.54. The first kappa shape index (κ1) is 17.5. The van der Waals surface area contributed by atoms with E-state index in [1.165, 1.54) is 17.3 Å². The molecule has 7 heteroatoms. The number of thioether (sulfide) groups is 1. The zero-order valence-corrected chi connectivity index (χ0v) is 15.0. The van der Waals surface area contributed by atoms with Gasteiger partial charge in [-0.3, -0.25) is 4.79 Å². The maximum Gasteiger partial charge on any atom is 0.230 e. The number of hydrogen-bond acceptors (Lipinski definition) is 5. The van der Waals surface area contributed by atoms with Gasteiger partial charge >= 0.3 is 0 Å². The van der Waals surface area contributed by atoms with Gasteiger partial charge in [0.1, 0.15) is 0 Å². The Hall–Kier alpha value is -1.89. The molecule has 6 nitrogen and oxygen atoms in total. The van der Waals surface area contributed by atoms with Gasteiger partial charge in [0.05, 0.1) is 11.4 Å². The number of nitrogens with one attached hydrogen (secondary N) is 1. The van der Waals surface area contributed by atoms with Gasteiger partial charge in [-0.15, -0.1) is 5.10 Å². The Morgan fingerprint density at radius 1 is 1.30 bits per heavy atom. The summed E-state index contributed by atoms with van der Waals surface area (Å²) in [4.78, 5) is 12.0. The van der Waals surface area contributed by atoms with E-state index in [-0.39, 0.29) is 11.9 Å². The Bertz CT molecular complexity index is 683. The third-order valence-corrected chi connectivity index (χ3v) is 4.66. The van der Waals surface area contributed by atoms with Crippen LogP contribution < -0.4 is 5.32 Å². The summed E-state index contributed by atoms with van der Waals surface area (Å²) < 4.78 is 1.68. The van der Waals surface area contributed by atoms with E-state index in [0.29, 0.717) is 16.8 Å². The molecule has 1 amide bonds. The molecular weight excluding hydrogens is 310 g/mol. The van der Waals surface area contributed by atoms with Gasteiger partial charge in [-0.2, -0.15) is 4.68 Å². The highest BCUT2D eigenvalue weighted by Crippen LogP contribution is 2.21. The smallest absolute Gasteiger partial charge is 0.230 e. The highest BCUT2D eigenvalue weighted by atomic mass is 32.2. The summed E-state index contributed by atoms with van der Waals surface area (Å²) in [6, 6.07) is 6.25. The van der Waals surface area contributed by atoms with E-state index in [1.54, 1.807) is 4.68 Å². The summed E-state index contributed by atoms with van der Waals surface area (Å²) in [6.07, 6.45) is 0. The van der Waals surface area contributed by atoms with Crippen LogP contribution in [0, 0.1) is 19.8 Å². The molecule has 1 aromatic heterocycles. The van der Waals surface area contributed by atoms with Crippen molar-refractivity contribution in [1.29, 1.82) is 0 Å². The fourth-order valence-electron chi connectivity index (χ4n) is 2.06. The first-order chi connectivity index (χ1) is 10.9. The number of amides is 1. The standard InChI is InChI=1S/C16H23N5OS/c1-10(2)13(5)17-15(22)9-23-16-18-19-20-21(16)14-7-6-11(3)8-12(14)4/h6-8,10,13H,9H2,1-5H3,(H,17,22).